The number of nitrogens with one attached hydrogen (secondary N) is 1. The zero-order chi connectivity index (χ0) is 30.6. The number of benzene rings is 4. The Bertz CT molecular complexity index is 1670. The van der Waals surface area contributed by atoms with Gasteiger partial charge in [-0.05, 0) is 39.6 Å². The Labute approximate surface area is 255 Å². The summed E-state index contributed by atoms with van der Waals surface area (Å²) in [7, 11) is 0. The summed E-state index contributed by atoms with van der Waals surface area (Å²) in [6.07, 6.45) is 1.41. The van der Waals surface area contributed by atoms with Gasteiger partial charge >= 0.3 is 6.03 Å². The third-order valence-electron chi connectivity index (χ3n) is 8.28. The summed E-state index contributed by atoms with van der Waals surface area (Å²) in [4.78, 5) is 44.8. The molecule has 0 bridgehead atoms. The largest absolute Gasteiger partial charge is 0.333 e. The normalized spacial score (nSPS) is 18.4. The number of urea groups is 1. The molecule has 2 fully saturated rings. The summed E-state index contributed by atoms with van der Waals surface area (Å²) in [5.74, 6) is -0.687. The molecule has 2 aliphatic rings. The molecule has 2 heterocycles. The van der Waals surface area contributed by atoms with Gasteiger partial charge in [0.05, 0.1) is 19.6 Å². The summed E-state index contributed by atoms with van der Waals surface area (Å²) in [5, 5.41) is 8.26. The monoisotopic (exact) mass is 591 g/mol. The molecule has 6 rings (SSSR count). The molecule has 9 heteroatoms. The standard InChI is InChI=1S/C35H34FN5O3/c1-2-19-39(35(44)37-21-26-15-17-29(36)18-16-26)40-24-33(42)41-31(20-25-9-4-3-5-10-25)34(43)38(23-32(40)41)22-28-13-8-12-27-11-6-7-14-30(27)28/h2-18,31-32H,1,19-24H2,(H,37,44)/t31-,32+/m0/s1. The number of amides is 4. The third kappa shape index (κ3) is 5.91. The highest BCUT2D eigenvalue weighted by Gasteiger charge is 2.52. The highest BCUT2D eigenvalue weighted by Crippen LogP contribution is 2.31. The summed E-state index contributed by atoms with van der Waals surface area (Å²) in [6, 6.07) is 28.6. The lowest BCUT2D eigenvalue weighted by Gasteiger charge is -2.46. The summed E-state index contributed by atoms with van der Waals surface area (Å²) in [6.45, 7) is 4.73. The molecule has 224 valence electrons. The van der Waals surface area contributed by atoms with Gasteiger partial charge in [-0.1, -0.05) is 91.0 Å². The van der Waals surface area contributed by atoms with Crippen LogP contribution < -0.4 is 5.32 Å². The number of rotatable bonds is 9. The molecule has 4 aromatic rings. The quantitative estimate of drug-likeness (QED) is 0.286. The van der Waals surface area contributed by atoms with Gasteiger partial charge in [0.2, 0.25) is 11.8 Å². The van der Waals surface area contributed by atoms with E-state index in [1.165, 1.54) is 17.1 Å². The van der Waals surface area contributed by atoms with Gasteiger partial charge in [0.15, 0.2) is 0 Å². The molecule has 8 nitrogen and oxygen atoms in total. The minimum Gasteiger partial charge on any atom is -0.333 e. The number of nitrogens with zero attached hydrogens (tertiary/aromatic N) is 4. The molecule has 0 aromatic heterocycles. The van der Waals surface area contributed by atoms with Crippen LogP contribution in [0.1, 0.15) is 16.7 Å². The minimum atomic E-state index is -0.725. The number of halogens is 1. The van der Waals surface area contributed by atoms with Crippen molar-refractivity contribution in [1.29, 1.82) is 0 Å². The van der Waals surface area contributed by atoms with Crippen LogP contribution in [0.5, 0.6) is 0 Å². The molecule has 0 radical (unpaired) electrons. The number of hydrogen-bond donors (Lipinski definition) is 1. The molecule has 0 unspecified atom stereocenters. The molecule has 0 saturated carbocycles. The van der Waals surface area contributed by atoms with Crippen molar-refractivity contribution in [1.82, 2.24) is 25.1 Å². The van der Waals surface area contributed by atoms with Crippen molar-refractivity contribution < 1.29 is 18.8 Å². The van der Waals surface area contributed by atoms with Gasteiger partial charge in [-0.3, -0.25) is 14.6 Å². The van der Waals surface area contributed by atoms with Crippen LogP contribution in [0.15, 0.2) is 110 Å². The Morgan fingerprint density at radius 2 is 1.66 bits per heavy atom. The fourth-order valence-corrected chi connectivity index (χ4v) is 6.16. The summed E-state index contributed by atoms with van der Waals surface area (Å²) < 4.78 is 13.4. The minimum absolute atomic E-state index is 0.0524. The Hall–Kier alpha value is -5.02. The van der Waals surface area contributed by atoms with Gasteiger partial charge < -0.3 is 15.1 Å². The number of carbonyl (C=O) groups is 3. The van der Waals surface area contributed by atoms with E-state index < -0.39 is 18.2 Å². The van der Waals surface area contributed by atoms with Gasteiger partial charge in [-0.15, -0.1) is 6.58 Å². The third-order valence-corrected chi connectivity index (χ3v) is 8.28. The molecule has 0 spiro atoms. The zero-order valence-corrected chi connectivity index (χ0v) is 24.3. The van der Waals surface area contributed by atoms with Crippen LogP contribution in [-0.4, -0.2) is 69.5 Å². The van der Waals surface area contributed by atoms with Crippen LogP contribution in [0.25, 0.3) is 10.8 Å². The fraction of sp³-hybridized carbons (Fsp3) is 0.229. The van der Waals surface area contributed by atoms with Crippen LogP contribution in [0.4, 0.5) is 9.18 Å². The first kappa shape index (κ1) is 29.1. The second-order valence-corrected chi connectivity index (χ2v) is 11.1. The number of fused-ring (bicyclic) bond motifs is 2. The number of piperazine rings is 1. The lowest BCUT2D eigenvalue weighted by molar-refractivity contribution is -0.157. The van der Waals surface area contributed by atoms with E-state index >= 15 is 0 Å². The molecule has 1 N–H and O–H groups in total. The first-order chi connectivity index (χ1) is 21.4. The van der Waals surface area contributed by atoms with Crippen molar-refractivity contribution >= 4 is 28.6 Å². The second-order valence-electron chi connectivity index (χ2n) is 11.1. The smallest absolute Gasteiger partial charge is 0.332 e. The van der Waals surface area contributed by atoms with Crippen LogP contribution >= 0.6 is 0 Å². The molecule has 0 aliphatic carbocycles. The van der Waals surface area contributed by atoms with Gasteiger partial charge in [-0.2, -0.15) is 5.01 Å². The van der Waals surface area contributed by atoms with Gasteiger partial charge in [0.25, 0.3) is 0 Å². The molecule has 2 aliphatic heterocycles. The van der Waals surface area contributed by atoms with E-state index in [0.29, 0.717) is 13.0 Å². The van der Waals surface area contributed by atoms with E-state index in [4.69, 9.17) is 0 Å². The average Bonchev–Trinajstić information content (AvgIpc) is 3.37. The Balaban J connectivity index is 1.30. The highest BCUT2D eigenvalue weighted by atomic mass is 19.1. The predicted molar refractivity (Wildman–Crippen MR) is 166 cm³/mol. The number of carbonyl (C=O) groups excluding carboxylic acids is 3. The molecule has 44 heavy (non-hydrogen) atoms. The first-order valence-corrected chi connectivity index (χ1v) is 14.7. The van der Waals surface area contributed by atoms with E-state index in [1.807, 2.05) is 71.6 Å². The fourth-order valence-electron chi connectivity index (χ4n) is 6.16. The molecule has 2 atom stereocenters. The molecule has 4 aromatic carbocycles. The molecule has 2 saturated heterocycles. The SMILES string of the molecule is C=CCN(C(=O)NCc1ccc(F)cc1)N1CC(=O)N2[C@@H](Cc3ccccc3)C(=O)N(Cc3cccc4ccccc34)C[C@@H]21. The van der Waals surface area contributed by atoms with Crippen LogP contribution in [-0.2, 0) is 29.1 Å². The maximum absolute atomic E-state index is 14.2. The molecular formula is C35H34FN5O3. The predicted octanol–water partition coefficient (Wildman–Crippen LogP) is 4.72. The van der Waals surface area contributed by atoms with E-state index in [0.717, 1.165) is 27.5 Å². The maximum atomic E-state index is 14.2. The van der Waals surface area contributed by atoms with E-state index in [2.05, 4.69) is 18.0 Å². The Kier molecular flexibility index (Phi) is 8.38. The average molecular weight is 592 g/mol. The van der Waals surface area contributed by atoms with Crippen LogP contribution in [0.3, 0.4) is 0 Å². The lowest BCUT2D eigenvalue weighted by atomic mass is 9.99. The van der Waals surface area contributed by atoms with Gasteiger partial charge in [0, 0.05) is 19.5 Å². The van der Waals surface area contributed by atoms with Gasteiger partial charge in [0.1, 0.15) is 18.0 Å². The summed E-state index contributed by atoms with van der Waals surface area (Å²) >= 11 is 0. The van der Waals surface area contributed by atoms with Crippen molar-refractivity contribution in [3.8, 4) is 0 Å². The summed E-state index contributed by atoms with van der Waals surface area (Å²) in [5.41, 5.74) is 2.70. The Morgan fingerprint density at radius 1 is 0.932 bits per heavy atom. The second kappa shape index (κ2) is 12.7. The number of hydrogen-bond acceptors (Lipinski definition) is 4. The van der Waals surface area contributed by atoms with Crippen molar-refractivity contribution in [2.24, 2.45) is 0 Å². The number of hydrazine groups is 1. The first-order valence-electron chi connectivity index (χ1n) is 14.7. The van der Waals surface area contributed by atoms with E-state index in [9.17, 15) is 18.8 Å². The van der Waals surface area contributed by atoms with E-state index in [-0.39, 0.29) is 43.8 Å². The highest BCUT2D eigenvalue weighted by molar-refractivity contribution is 5.92. The Morgan fingerprint density at radius 3 is 2.43 bits per heavy atom. The van der Waals surface area contributed by atoms with Crippen molar-refractivity contribution in [2.75, 3.05) is 19.6 Å². The van der Waals surface area contributed by atoms with Crippen molar-refractivity contribution in [2.45, 2.75) is 31.7 Å². The van der Waals surface area contributed by atoms with Crippen molar-refractivity contribution in [3.63, 3.8) is 0 Å². The lowest BCUT2D eigenvalue weighted by Crippen LogP contribution is -2.66. The van der Waals surface area contributed by atoms with E-state index in [1.54, 1.807) is 28.1 Å². The zero-order valence-electron chi connectivity index (χ0n) is 24.3. The molecular weight excluding hydrogens is 557 g/mol. The van der Waals surface area contributed by atoms with Crippen molar-refractivity contribution in [3.05, 3.63) is 132 Å². The topological polar surface area (TPSA) is 76.2 Å². The van der Waals surface area contributed by atoms with Crippen LogP contribution in [0.2, 0.25) is 0 Å². The van der Waals surface area contributed by atoms with Crippen LogP contribution in [0, 0.1) is 5.82 Å². The van der Waals surface area contributed by atoms with Gasteiger partial charge in [-0.25, -0.2) is 9.18 Å². The maximum Gasteiger partial charge on any atom is 0.332 e. The molecule has 4 amide bonds.